The van der Waals surface area contributed by atoms with E-state index in [1.807, 2.05) is 6.92 Å². The van der Waals surface area contributed by atoms with Gasteiger partial charge < -0.3 is 15.8 Å². The maximum absolute atomic E-state index is 9.49. The molecule has 1 atom stereocenters. The predicted octanol–water partition coefficient (Wildman–Crippen LogP) is 0.822. The molecule has 0 radical (unpaired) electrons. The van der Waals surface area contributed by atoms with Crippen molar-refractivity contribution < 1.29 is 5.11 Å². The third-order valence-electron chi connectivity index (χ3n) is 2.82. The van der Waals surface area contributed by atoms with E-state index in [1.165, 1.54) is 0 Å². The van der Waals surface area contributed by atoms with E-state index < -0.39 is 0 Å². The largest absolute Gasteiger partial charge is 0.391 e. The fraction of sp³-hybridized carbons (Fsp3) is 0.636. The molecule has 0 spiro atoms. The number of hydrogen-bond acceptors (Lipinski definition) is 6. The Balaban J connectivity index is 2.06. The number of aliphatic hydroxyl groups is 1. The minimum atomic E-state index is -0.358. The monoisotopic (exact) mass is 237 g/mol. The second-order valence-electron chi connectivity index (χ2n) is 4.36. The summed E-state index contributed by atoms with van der Waals surface area (Å²) in [7, 11) is 0. The number of nitrogens with zero attached hydrogens (tertiary/aromatic N) is 2. The van der Waals surface area contributed by atoms with E-state index >= 15 is 0 Å². The summed E-state index contributed by atoms with van der Waals surface area (Å²) in [5.41, 5.74) is 2.54. The lowest BCUT2D eigenvalue weighted by atomic mass is 10.3. The molecule has 1 saturated carbocycles. The van der Waals surface area contributed by atoms with Gasteiger partial charge in [-0.05, 0) is 19.3 Å². The van der Waals surface area contributed by atoms with E-state index in [1.54, 1.807) is 6.07 Å². The SMILES string of the molecule is CCC(O)CNc1cc(NN)nc(C2CC2)n1. The lowest BCUT2D eigenvalue weighted by Gasteiger charge is -2.12. The van der Waals surface area contributed by atoms with E-state index in [2.05, 4.69) is 20.7 Å². The van der Waals surface area contributed by atoms with Crippen LogP contribution in [0.4, 0.5) is 11.6 Å². The number of nitrogens with two attached hydrogens (primary N) is 1. The fourth-order valence-corrected chi connectivity index (χ4v) is 1.52. The number of anilines is 2. The molecule has 1 aliphatic carbocycles. The first-order chi connectivity index (χ1) is 8.22. The van der Waals surface area contributed by atoms with Crippen molar-refractivity contribution >= 4 is 11.6 Å². The molecule has 6 nitrogen and oxygen atoms in total. The Hall–Kier alpha value is -1.40. The second kappa shape index (κ2) is 5.29. The van der Waals surface area contributed by atoms with Crippen LogP contribution in [0.3, 0.4) is 0 Å². The maximum Gasteiger partial charge on any atom is 0.145 e. The van der Waals surface area contributed by atoms with Crippen LogP contribution in [0.1, 0.15) is 37.9 Å². The molecule has 1 aliphatic rings. The molecule has 1 unspecified atom stereocenters. The third kappa shape index (κ3) is 3.28. The van der Waals surface area contributed by atoms with Gasteiger partial charge in [0, 0.05) is 18.5 Å². The van der Waals surface area contributed by atoms with Crippen LogP contribution in [0.5, 0.6) is 0 Å². The number of aromatic nitrogens is 2. The van der Waals surface area contributed by atoms with Gasteiger partial charge in [0.25, 0.3) is 0 Å². The Bertz CT molecular complexity index is 380. The van der Waals surface area contributed by atoms with E-state index in [9.17, 15) is 5.11 Å². The number of aliphatic hydroxyl groups excluding tert-OH is 1. The van der Waals surface area contributed by atoms with Crippen molar-refractivity contribution in [3.8, 4) is 0 Å². The van der Waals surface area contributed by atoms with Gasteiger partial charge in [-0.2, -0.15) is 0 Å². The van der Waals surface area contributed by atoms with Crippen molar-refractivity contribution in [1.82, 2.24) is 9.97 Å². The molecule has 0 aromatic carbocycles. The first kappa shape index (κ1) is 12.1. The van der Waals surface area contributed by atoms with Crippen LogP contribution in [0.2, 0.25) is 0 Å². The van der Waals surface area contributed by atoms with Gasteiger partial charge in [0.2, 0.25) is 0 Å². The zero-order valence-electron chi connectivity index (χ0n) is 9.98. The molecule has 0 saturated heterocycles. The smallest absolute Gasteiger partial charge is 0.145 e. The minimum absolute atomic E-state index is 0.358. The zero-order valence-corrected chi connectivity index (χ0v) is 9.98. The zero-order chi connectivity index (χ0) is 12.3. The molecule has 5 N–H and O–H groups in total. The fourth-order valence-electron chi connectivity index (χ4n) is 1.52. The van der Waals surface area contributed by atoms with Crippen LogP contribution in [0, 0.1) is 0 Å². The van der Waals surface area contributed by atoms with Crippen LogP contribution in [-0.4, -0.2) is 27.7 Å². The predicted molar refractivity (Wildman–Crippen MR) is 66.6 cm³/mol. The summed E-state index contributed by atoms with van der Waals surface area (Å²) in [6.07, 6.45) is 2.65. The van der Waals surface area contributed by atoms with Gasteiger partial charge in [0.05, 0.1) is 6.10 Å². The summed E-state index contributed by atoms with van der Waals surface area (Å²) >= 11 is 0. The summed E-state index contributed by atoms with van der Waals surface area (Å²) in [5.74, 6) is 7.99. The molecule has 1 heterocycles. The third-order valence-corrected chi connectivity index (χ3v) is 2.82. The van der Waals surface area contributed by atoms with Gasteiger partial charge in [-0.25, -0.2) is 15.8 Å². The molecule has 0 bridgehead atoms. The van der Waals surface area contributed by atoms with Gasteiger partial charge in [-0.3, -0.25) is 0 Å². The summed E-state index contributed by atoms with van der Waals surface area (Å²) in [6, 6.07) is 1.74. The van der Waals surface area contributed by atoms with E-state index in [4.69, 9.17) is 5.84 Å². The maximum atomic E-state index is 9.49. The molecule has 2 rings (SSSR count). The summed E-state index contributed by atoms with van der Waals surface area (Å²) in [6.45, 7) is 2.43. The van der Waals surface area contributed by atoms with Crippen LogP contribution in [0.25, 0.3) is 0 Å². The van der Waals surface area contributed by atoms with Crippen molar-refractivity contribution in [2.75, 3.05) is 17.3 Å². The summed E-state index contributed by atoms with van der Waals surface area (Å²) in [5, 5.41) is 12.6. The van der Waals surface area contributed by atoms with Crippen LogP contribution < -0.4 is 16.6 Å². The molecule has 0 aliphatic heterocycles. The lowest BCUT2D eigenvalue weighted by molar-refractivity contribution is 0.183. The normalized spacial score (nSPS) is 16.6. The molecular formula is C11H19N5O. The standard InChI is InChI=1S/C11H19N5O/c1-2-8(17)6-13-9-5-10(16-12)15-11(14-9)7-3-4-7/h5,7-8,17H,2-4,6,12H2,1H3,(H2,13,14,15,16). The van der Waals surface area contributed by atoms with Crippen molar-refractivity contribution in [3.05, 3.63) is 11.9 Å². The highest BCUT2D eigenvalue weighted by atomic mass is 16.3. The van der Waals surface area contributed by atoms with Crippen LogP contribution >= 0.6 is 0 Å². The Labute approximate surface area is 101 Å². The lowest BCUT2D eigenvalue weighted by Crippen LogP contribution is -2.19. The Morgan fingerprint density at radius 1 is 1.47 bits per heavy atom. The highest BCUT2D eigenvalue weighted by molar-refractivity contribution is 5.47. The van der Waals surface area contributed by atoms with Crippen LogP contribution in [0.15, 0.2) is 6.07 Å². The Morgan fingerprint density at radius 3 is 2.76 bits per heavy atom. The highest BCUT2D eigenvalue weighted by Gasteiger charge is 2.27. The van der Waals surface area contributed by atoms with Crippen molar-refractivity contribution in [2.24, 2.45) is 5.84 Å². The highest BCUT2D eigenvalue weighted by Crippen LogP contribution is 2.38. The first-order valence-electron chi connectivity index (χ1n) is 6.00. The van der Waals surface area contributed by atoms with Crippen molar-refractivity contribution in [1.29, 1.82) is 0 Å². The van der Waals surface area contributed by atoms with E-state index in [-0.39, 0.29) is 6.10 Å². The van der Waals surface area contributed by atoms with Gasteiger partial charge >= 0.3 is 0 Å². The van der Waals surface area contributed by atoms with Gasteiger partial charge in [-0.15, -0.1) is 0 Å². The van der Waals surface area contributed by atoms with Crippen LogP contribution in [-0.2, 0) is 0 Å². The van der Waals surface area contributed by atoms with E-state index in [0.717, 1.165) is 25.1 Å². The average molecular weight is 237 g/mol. The Morgan fingerprint density at radius 2 is 2.18 bits per heavy atom. The molecule has 6 heteroatoms. The number of nitrogens with one attached hydrogen (secondary N) is 2. The quantitative estimate of drug-likeness (QED) is 0.432. The molecule has 1 aromatic rings. The minimum Gasteiger partial charge on any atom is -0.391 e. The van der Waals surface area contributed by atoms with Gasteiger partial charge in [-0.1, -0.05) is 6.92 Å². The summed E-state index contributed by atoms with van der Waals surface area (Å²) in [4.78, 5) is 8.73. The number of nitrogen functional groups attached to an aromatic ring is 1. The number of hydrogen-bond donors (Lipinski definition) is 4. The number of rotatable bonds is 6. The summed E-state index contributed by atoms with van der Waals surface area (Å²) < 4.78 is 0. The molecule has 0 amide bonds. The number of hydrazine groups is 1. The van der Waals surface area contributed by atoms with Gasteiger partial charge in [0.15, 0.2) is 0 Å². The molecule has 1 aromatic heterocycles. The molecule has 17 heavy (non-hydrogen) atoms. The molecular weight excluding hydrogens is 218 g/mol. The topological polar surface area (TPSA) is 96.1 Å². The second-order valence-corrected chi connectivity index (χ2v) is 4.36. The average Bonchev–Trinajstić information content (AvgIpc) is 3.19. The van der Waals surface area contributed by atoms with Crippen molar-refractivity contribution in [3.63, 3.8) is 0 Å². The van der Waals surface area contributed by atoms with Gasteiger partial charge in [0.1, 0.15) is 17.5 Å². The van der Waals surface area contributed by atoms with Crippen molar-refractivity contribution in [2.45, 2.75) is 38.2 Å². The molecule has 94 valence electrons. The molecule has 1 fully saturated rings. The Kier molecular flexibility index (Phi) is 3.75. The first-order valence-corrected chi connectivity index (χ1v) is 6.00. The van der Waals surface area contributed by atoms with E-state index in [0.29, 0.717) is 24.1 Å².